The van der Waals surface area contributed by atoms with Gasteiger partial charge in [0.05, 0.1) is 4.90 Å². The highest BCUT2D eigenvalue weighted by atomic mass is 32.2. The summed E-state index contributed by atoms with van der Waals surface area (Å²) in [6, 6.07) is 11.6. The molecule has 0 unspecified atom stereocenters. The van der Waals surface area contributed by atoms with Gasteiger partial charge in [0.1, 0.15) is 5.82 Å². The van der Waals surface area contributed by atoms with Crippen LogP contribution in [0.25, 0.3) is 0 Å². The Balaban J connectivity index is 2.19. The highest BCUT2D eigenvalue weighted by Crippen LogP contribution is 2.18. The van der Waals surface area contributed by atoms with Crippen molar-refractivity contribution in [2.75, 3.05) is 14.1 Å². The topological polar surface area (TPSA) is 66.5 Å². The lowest BCUT2D eigenvalue weighted by atomic mass is 10.2. The van der Waals surface area contributed by atoms with E-state index in [-0.39, 0.29) is 11.4 Å². The van der Waals surface area contributed by atoms with Crippen LogP contribution in [0.5, 0.6) is 0 Å². The number of hydrogen-bond donors (Lipinski definition) is 1. The Kier molecular flexibility index (Phi) is 5.12. The van der Waals surface area contributed by atoms with Gasteiger partial charge < -0.3 is 5.32 Å². The summed E-state index contributed by atoms with van der Waals surface area (Å²) in [5, 5.41) is 2.64. The van der Waals surface area contributed by atoms with Crippen molar-refractivity contribution >= 4 is 15.9 Å². The van der Waals surface area contributed by atoms with Gasteiger partial charge in [0.15, 0.2) is 0 Å². The molecule has 2 aromatic carbocycles. The molecule has 1 amide bonds. The van der Waals surface area contributed by atoms with E-state index in [1.54, 1.807) is 18.2 Å². The van der Waals surface area contributed by atoms with Gasteiger partial charge in [-0.3, -0.25) is 4.79 Å². The zero-order chi connectivity index (χ0) is 17.0. The molecule has 0 bridgehead atoms. The van der Waals surface area contributed by atoms with Crippen LogP contribution in [0.15, 0.2) is 53.4 Å². The van der Waals surface area contributed by atoms with Gasteiger partial charge >= 0.3 is 0 Å². The fourth-order valence-electron chi connectivity index (χ4n) is 1.98. The third kappa shape index (κ3) is 3.94. The van der Waals surface area contributed by atoms with E-state index in [1.807, 2.05) is 0 Å². The zero-order valence-electron chi connectivity index (χ0n) is 12.8. The average Bonchev–Trinajstić information content (AvgIpc) is 2.53. The van der Waals surface area contributed by atoms with Crippen molar-refractivity contribution in [3.63, 3.8) is 0 Å². The molecule has 2 aromatic rings. The first-order chi connectivity index (χ1) is 10.8. The molecule has 0 spiro atoms. The molecule has 0 aromatic heterocycles. The van der Waals surface area contributed by atoms with E-state index in [2.05, 4.69) is 5.32 Å². The summed E-state index contributed by atoms with van der Waals surface area (Å²) in [6.45, 7) is 0.0550. The summed E-state index contributed by atoms with van der Waals surface area (Å²) in [7, 11) is -0.698. The molecule has 0 aliphatic rings. The number of benzene rings is 2. The Morgan fingerprint density at radius 1 is 1.09 bits per heavy atom. The summed E-state index contributed by atoms with van der Waals surface area (Å²) in [5.41, 5.74) is 0.788. The van der Waals surface area contributed by atoms with Crippen molar-refractivity contribution in [3.8, 4) is 0 Å². The Morgan fingerprint density at radius 3 is 2.30 bits per heavy atom. The Hall–Kier alpha value is -2.25. The van der Waals surface area contributed by atoms with Gasteiger partial charge in [0.2, 0.25) is 10.0 Å². The van der Waals surface area contributed by atoms with Gasteiger partial charge in [-0.1, -0.05) is 18.2 Å². The van der Waals surface area contributed by atoms with E-state index in [9.17, 15) is 17.6 Å². The summed E-state index contributed by atoms with van der Waals surface area (Å²) < 4.78 is 38.5. The fourth-order valence-corrected chi connectivity index (χ4v) is 3.09. The molecule has 122 valence electrons. The molecular weight excluding hydrogens is 319 g/mol. The third-order valence-corrected chi connectivity index (χ3v) is 5.19. The van der Waals surface area contributed by atoms with Crippen LogP contribution < -0.4 is 5.32 Å². The van der Waals surface area contributed by atoms with Crippen molar-refractivity contribution in [3.05, 3.63) is 65.5 Å². The number of nitrogens with zero attached hydrogens (tertiary/aromatic N) is 1. The number of rotatable bonds is 5. The Bertz CT molecular complexity index is 802. The Morgan fingerprint density at radius 2 is 1.70 bits per heavy atom. The molecule has 7 heteroatoms. The van der Waals surface area contributed by atoms with Crippen LogP contribution in [-0.4, -0.2) is 32.7 Å². The average molecular weight is 336 g/mol. The second-order valence-corrected chi connectivity index (χ2v) is 7.20. The first-order valence-electron chi connectivity index (χ1n) is 6.86. The second-order valence-electron chi connectivity index (χ2n) is 5.08. The first-order valence-corrected chi connectivity index (χ1v) is 8.30. The van der Waals surface area contributed by atoms with E-state index in [4.69, 9.17) is 0 Å². The number of sulfonamides is 1. The quantitative estimate of drug-likeness (QED) is 0.908. The van der Waals surface area contributed by atoms with Crippen molar-refractivity contribution < 1.29 is 17.6 Å². The van der Waals surface area contributed by atoms with Crippen LogP contribution in [0.2, 0.25) is 0 Å². The van der Waals surface area contributed by atoms with Gasteiger partial charge in [-0.05, 0) is 35.9 Å². The van der Waals surface area contributed by atoms with Crippen LogP contribution in [0.4, 0.5) is 4.39 Å². The van der Waals surface area contributed by atoms with E-state index in [1.165, 1.54) is 44.4 Å². The minimum absolute atomic E-state index is 0.0550. The predicted molar refractivity (Wildman–Crippen MR) is 84.9 cm³/mol. The molecule has 0 atom stereocenters. The maximum Gasteiger partial charge on any atom is 0.251 e. The molecule has 2 rings (SSSR count). The second kappa shape index (κ2) is 6.89. The first kappa shape index (κ1) is 17.1. The Labute approximate surface area is 134 Å². The molecule has 23 heavy (non-hydrogen) atoms. The number of amides is 1. The van der Waals surface area contributed by atoms with Crippen molar-refractivity contribution in [2.45, 2.75) is 11.4 Å². The molecule has 1 N–H and O–H groups in total. The van der Waals surface area contributed by atoms with Crippen molar-refractivity contribution in [1.82, 2.24) is 9.62 Å². The lowest BCUT2D eigenvalue weighted by Gasteiger charge is -2.15. The molecule has 0 saturated heterocycles. The van der Waals surface area contributed by atoms with E-state index < -0.39 is 21.7 Å². The molecule has 0 radical (unpaired) electrons. The summed E-state index contributed by atoms with van der Waals surface area (Å²) >= 11 is 0. The van der Waals surface area contributed by atoms with E-state index in [0.717, 1.165) is 4.31 Å². The van der Waals surface area contributed by atoms with Crippen molar-refractivity contribution in [1.29, 1.82) is 0 Å². The maximum atomic E-state index is 12.9. The monoisotopic (exact) mass is 336 g/mol. The SMILES string of the molecule is CN(C)S(=O)(=O)c1ccccc1CNC(=O)c1ccc(F)cc1. The summed E-state index contributed by atoms with van der Waals surface area (Å²) in [4.78, 5) is 12.2. The molecule has 0 aliphatic heterocycles. The van der Waals surface area contributed by atoms with Crippen LogP contribution >= 0.6 is 0 Å². The largest absolute Gasteiger partial charge is 0.348 e. The minimum Gasteiger partial charge on any atom is -0.348 e. The highest BCUT2D eigenvalue weighted by Gasteiger charge is 2.20. The van der Waals surface area contributed by atoms with Gasteiger partial charge in [-0.2, -0.15) is 0 Å². The number of nitrogens with one attached hydrogen (secondary N) is 1. The summed E-state index contributed by atoms with van der Waals surface area (Å²) in [5.74, 6) is -0.828. The summed E-state index contributed by atoms with van der Waals surface area (Å²) in [6.07, 6.45) is 0. The van der Waals surface area contributed by atoms with Gasteiger partial charge in [-0.25, -0.2) is 17.1 Å². The molecule has 0 saturated carbocycles. The van der Waals surface area contributed by atoms with Gasteiger partial charge in [0.25, 0.3) is 5.91 Å². The van der Waals surface area contributed by atoms with E-state index in [0.29, 0.717) is 11.1 Å². The standard InChI is InChI=1S/C16H17FN2O3S/c1-19(2)23(21,22)15-6-4-3-5-13(15)11-18-16(20)12-7-9-14(17)10-8-12/h3-10H,11H2,1-2H3,(H,18,20). The predicted octanol–water partition coefficient (Wildman–Crippen LogP) is 2.01. The lowest BCUT2D eigenvalue weighted by Crippen LogP contribution is -2.27. The third-order valence-electron chi connectivity index (χ3n) is 3.28. The molecule has 0 heterocycles. The lowest BCUT2D eigenvalue weighted by molar-refractivity contribution is 0.0950. The maximum absolute atomic E-state index is 12.9. The van der Waals surface area contributed by atoms with Crippen LogP contribution in [0.1, 0.15) is 15.9 Å². The van der Waals surface area contributed by atoms with Crippen LogP contribution in [0, 0.1) is 5.82 Å². The minimum atomic E-state index is -3.59. The molecule has 0 fully saturated rings. The number of carbonyl (C=O) groups is 1. The number of carbonyl (C=O) groups excluding carboxylic acids is 1. The molecular formula is C16H17FN2O3S. The van der Waals surface area contributed by atoms with E-state index >= 15 is 0 Å². The van der Waals surface area contributed by atoms with Crippen molar-refractivity contribution in [2.24, 2.45) is 0 Å². The fraction of sp³-hybridized carbons (Fsp3) is 0.188. The van der Waals surface area contributed by atoms with Crippen LogP contribution in [-0.2, 0) is 16.6 Å². The molecule has 5 nitrogen and oxygen atoms in total. The highest BCUT2D eigenvalue weighted by molar-refractivity contribution is 7.89. The van der Waals surface area contributed by atoms with Gasteiger partial charge in [0, 0.05) is 26.2 Å². The normalized spacial score (nSPS) is 11.5. The van der Waals surface area contributed by atoms with Gasteiger partial charge in [-0.15, -0.1) is 0 Å². The number of halogens is 1. The zero-order valence-corrected chi connectivity index (χ0v) is 13.6. The molecule has 0 aliphatic carbocycles. The smallest absolute Gasteiger partial charge is 0.251 e. The van der Waals surface area contributed by atoms with Crippen LogP contribution in [0.3, 0.4) is 0 Å². The number of hydrogen-bond acceptors (Lipinski definition) is 3.